The van der Waals surface area contributed by atoms with Crippen LogP contribution in [0.15, 0.2) is 63.2 Å². The number of methoxy groups -OCH3 is 1. The van der Waals surface area contributed by atoms with Gasteiger partial charge in [-0.1, -0.05) is 19.1 Å². The number of nitrogens with one attached hydrogen (secondary N) is 1. The summed E-state index contributed by atoms with van der Waals surface area (Å²) in [6, 6.07) is 11.5. The zero-order chi connectivity index (χ0) is 17.3. The normalized spacial score (nSPS) is 11.6. The molecule has 24 heavy (non-hydrogen) atoms. The van der Waals surface area contributed by atoms with Crippen molar-refractivity contribution in [1.29, 1.82) is 0 Å². The molecule has 6 heteroatoms. The van der Waals surface area contributed by atoms with Crippen molar-refractivity contribution < 1.29 is 13.2 Å². The van der Waals surface area contributed by atoms with Gasteiger partial charge in [-0.25, -0.2) is 8.42 Å². The smallest absolute Gasteiger partial charge is 0.211 e. The third-order valence-corrected chi connectivity index (χ3v) is 5.76. The lowest BCUT2D eigenvalue weighted by Gasteiger charge is -2.07. The lowest BCUT2D eigenvalue weighted by Crippen LogP contribution is -2.16. The highest BCUT2D eigenvalue weighted by Gasteiger charge is 2.22. The van der Waals surface area contributed by atoms with Gasteiger partial charge in [0.15, 0.2) is 0 Å². The predicted octanol–water partition coefficient (Wildman–Crippen LogP) is 2.93. The predicted molar refractivity (Wildman–Crippen MR) is 92.4 cm³/mol. The highest BCUT2D eigenvalue weighted by Crippen LogP contribution is 2.22. The van der Waals surface area contributed by atoms with Crippen LogP contribution in [0.3, 0.4) is 0 Å². The van der Waals surface area contributed by atoms with E-state index < -0.39 is 15.3 Å². The second kappa shape index (κ2) is 6.13. The zero-order valence-corrected chi connectivity index (χ0v) is 14.2. The topological polar surface area (TPSA) is 76.2 Å². The third-order valence-electron chi connectivity index (χ3n) is 3.99. The van der Waals surface area contributed by atoms with E-state index in [1.54, 1.807) is 24.3 Å². The van der Waals surface area contributed by atoms with Crippen molar-refractivity contribution in [3.63, 3.8) is 0 Å². The SMILES string of the molecule is CCc1ccc(S(=O)(=O)c2c[nH]c3ccc(OC)cc3c2=O)cc1. The van der Waals surface area contributed by atoms with Crippen LogP contribution in [-0.4, -0.2) is 20.5 Å². The van der Waals surface area contributed by atoms with Crippen molar-refractivity contribution in [1.82, 2.24) is 4.98 Å². The number of aromatic nitrogens is 1. The molecule has 0 aliphatic heterocycles. The van der Waals surface area contributed by atoms with E-state index in [0.29, 0.717) is 11.3 Å². The van der Waals surface area contributed by atoms with Gasteiger partial charge in [-0.3, -0.25) is 4.79 Å². The van der Waals surface area contributed by atoms with Gasteiger partial charge >= 0.3 is 0 Å². The van der Waals surface area contributed by atoms with Gasteiger partial charge in [0.05, 0.1) is 17.4 Å². The van der Waals surface area contributed by atoms with Crippen LogP contribution in [0.1, 0.15) is 12.5 Å². The quantitative estimate of drug-likeness (QED) is 0.790. The van der Waals surface area contributed by atoms with Crippen molar-refractivity contribution >= 4 is 20.7 Å². The Labute approximate surface area is 139 Å². The first kappa shape index (κ1) is 16.3. The molecule has 3 rings (SSSR count). The average Bonchev–Trinajstić information content (AvgIpc) is 2.61. The molecule has 0 unspecified atom stereocenters. The van der Waals surface area contributed by atoms with Crippen LogP contribution in [0.25, 0.3) is 10.9 Å². The maximum absolute atomic E-state index is 12.8. The number of hydrogen-bond acceptors (Lipinski definition) is 4. The molecule has 1 heterocycles. The highest BCUT2D eigenvalue weighted by atomic mass is 32.2. The Morgan fingerprint density at radius 3 is 2.42 bits per heavy atom. The van der Waals surface area contributed by atoms with Crippen LogP contribution in [-0.2, 0) is 16.3 Å². The minimum atomic E-state index is -3.89. The van der Waals surface area contributed by atoms with Gasteiger partial charge in [0.25, 0.3) is 0 Å². The molecular weight excluding hydrogens is 326 g/mol. The van der Waals surface area contributed by atoms with E-state index in [2.05, 4.69) is 4.98 Å². The monoisotopic (exact) mass is 343 g/mol. The Balaban J connectivity index is 2.20. The molecular formula is C18H17NO4S. The third kappa shape index (κ3) is 2.69. The number of benzene rings is 2. The van der Waals surface area contributed by atoms with Gasteiger partial charge in [0.2, 0.25) is 15.3 Å². The maximum atomic E-state index is 12.8. The number of hydrogen-bond donors (Lipinski definition) is 1. The summed E-state index contributed by atoms with van der Waals surface area (Å²) in [4.78, 5) is 15.4. The first-order chi connectivity index (χ1) is 11.5. The second-order valence-corrected chi connectivity index (χ2v) is 7.31. The Kier molecular flexibility index (Phi) is 4.15. The lowest BCUT2D eigenvalue weighted by atomic mass is 10.2. The molecule has 0 fully saturated rings. The molecule has 0 radical (unpaired) electrons. The van der Waals surface area contributed by atoms with Gasteiger partial charge < -0.3 is 9.72 Å². The summed E-state index contributed by atoms with van der Waals surface area (Å²) < 4.78 is 30.7. The molecule has 0 amide bonds. The summed E-state index contributed by atoms with van der Waals surface area (Å²) in [5, 5.41) is 0.278. The fourth-order valence-electron chi connectivity index (χ4n) is 2.54. The summed E-state index contributed by atoms with van der Waals surface area (Å²) >= 11 is 0. The molecule has 0 aliphatic rings. The Hall–Kier alpha value is -2.60. The number of fused-ring (bicyclic) bond motifs is 1. The summed E-state index contributed by atoms with van der Waals surface area (Å²) in [7, 11) is -2.40. The Morgan fingerprint density at radius 1 is 1.08 bits per heavy atom. The average molecular weight is 343 g/mol. The lowest BCUT2D eigenvalue weighted by molar-refractivity contribution is 0.415. The molecule has 2 aromatic carbocycles. The summed E-state index contributed by atoms with van der Waals surface area (Å²) in [6.45, 7) is 1.99. The van der Waals surface area contributed by atoms with E-state index in [0.717, 1.165) is 12.0 Å². The van der Waals surface area contributed by atoms with E-state index >= 15 is 0 Å². The highest BCUT2D eigenvalue weighted by molar-refractivity contribution is 7.91. The summed E-state index contributed by atoms with van der Waals surface area (Å²) in [5.41, 5.74) is 1.05. The Bertz CT molecular complexity index is 1050. The van der Waals surface area contributed by atoms with Crippen LogP contribution in [0.2, 0.25) is 0 Å². The second-order valence-electron chi connectivity index (χ2n) is 5.39. The minimum Gasteiger partial charge on any atom is -0.497 e. The van der Waals surface area contributed by atoms with Crippen LogP contribution in [0, 0.1) is 0 Å². The van der Waals surface area contributed by atoms with Gasteiger partial charge in [-0.15, -0.1) is 0 Å². The van der Waals surface area contributed by atoms with Crippen molar-refractivity contribution in [2.24, 2.45) is 0 Å². The van der Waals surface area contributed by atoms with Crippen LogP contribution in [0.4, 0.5) is 0 Å². The maximum Gasteiger partial charge on any atom is 0.211 e. The van der Waals surface area contributed by atoms with Crippen LogP contribution >= 0.6 is 0 Å². The molecule has 0 aliphatic carbocycles. The number of sulfone groups is 1. The summed E-state index contributed by atoms with van der Waals surface area (Å²) in [6.07, 6.45) is 2.07. The minimum absolute atomic E-state index is 0.104. The molecule has 0 bridgehead atoms. The van der Waals surface area contributed by atoms with Gasteiger partial charge in [-0.2, -0.15) is 0 Å². The number of aromatic amines is 1. The molecule has 0 atom stereocenters. The fourth-order valence-corrected chi connectivity index (χ4v) is 3.85. The van der Waals surface area contributed by atoms with Crippen molar-refractivity contribution in [3.05, 3.63) is 64.4 Å². The standard InChI is InChI=1S/C18H17NO4S/c1-3-12-4-7-14(8-5-12)24(21,22)17-11-19-16-9-6-13(23-2)10-15(16)18(17)20/h4-11H,3H2,1-2H3,(H,19,20). The van der Waals surface area contributed by atoms with Crippen molar-refractivity contribution in [3.8, 4) is 5.75 Å². The first-order valence-electron chi connectivity index (χ1n) is 7.51. The molecule has 0 saturated carbocycles. The summed E-state index contributed by atoms with van der Waals surface area (Å²) in [5.74, 6) is 0.495. The molecule has 0 saturated heterocycles. The van der Waals surface area contributed by atoms with Gasteiger partial charge in [0.1, 0.15) is 10.6 Å². The van der Waals surface area contributed by atoms with Gasteiger partial charge in [-0.05, 0) is 42.3 Å². The van der Waals surface area contributed by atoms with Crippen LogP contribution in [0.5, 0.6) is 5.75 Å². The van der Waals surface area contributed by atoms with E-state index in [1.807, 2.05) is 6.92 Å². The number of aryl methyl sites for hydroxylation is 1. The van der Waals surface area contributed by atoms with Crippen molar-refractivity contribution in [2.45, 2.75) is 23.1 Å². The largest absolute Gasteiger partial charge is 0.497 e. The van der Waals surface area contributed by atoms with E-state index in [1.165, 1.54) is 31.5 Å². The first-order valence-corrected chi connectivity index (χ1v) is 8.99. The van der Waals surface area contributed by atoms with E-state index in [-0.39, 0.29) is 15.2 Å². The van der Waals surface area contributed by atoms with Crippen LogP contribution < -0.4 is 10.2 Å². The molecule has 0 spiro atoms. The van der Waals surface area contributed by atoms with E-state index in [9.17, 15) is 13.2 Å². The number of rotatable bonds is 4. The molecule has 3 aromatic rings. The van der Waals surface area contributed by atoms with Crippen molar-refractivity contribution in [2.75, 3.05) is 7.11 Å². The van der Waals surface area contributed by atoms with Gasteiger partial charge in [0, 0.05) is 11.7 Å². The number of pyridine rings is 1. The zero-order valence-electron chi connectivity index (χ0n) is 13.4. The fraction of sp³-hybridized carbons (Fsp3) is 0.167. The molecule has 1 aromatic heterocycles. The molecule has 1 N–H and O–H groups in total. The molecule has 124 valence electrons. The Morgan fingerprint density at radius 2 is 1.79 bits per heavy atom. The number of H-pyrrole nitrogens is 1. The number of ether oxygens (including phenoxy) is 1. The van der Waals surface area contributed by atoms with E-state index in [4.69, 9.17) is 4.74 Å². The molecule has 5 nitrogen and oxygen atoms in total.